The van der Waals surface area contributed by atoms with E-state index in [9.17, 15) is 0 Å². The van der Waals surface area contributed by atoms with Crippen LogP contribution in [0.25, 0.3) is 0 Å². The molecule has 0 aromatic rings. The molecule has 20 heavy (non-hydrogen) atoms. The van der Waals surface area contributed by atoms with Crippen LogP contribution in [0, 0.1) is 0 Å². The van der Waals surface area contributed by atoms with Crippen LogP contribution in [0.2, 0.25) is 6.04 Å². The summed E-state index contributed by atoms with van der Waals surface area (Å²) in [4.78, 5) is 0. The van der Waals surface area contributed by atoms with Gasteiger partial charge in [-0.3, -0.25) is 0 Å². The van der Waals surface area contributed by atoms with Gasteiger partial charge in [-0.2, -0.15) is 0 Å². The van der Waals surface area contributed by atoms with Crippen LogP contribution in [0.15, 0.2) is 0 Å². The van der Waals surface area contributed by atoms with E-state index in [0.717, 1.165) is 32.1 Å². The van der Waals surface area contributed by atoms with E-state index in [4.69, 9.17) is 24.7 Å². The van der Waals surface area contributed by atoms with Crippen LogP contribution in [0.1, 0.15) is 52.9 Å². The fourth-order valence-electron chi connectivity index (χ4n) is 1.95. The zero-order valence-electron chi connectivity index (χ0n) is 13.5. The van der Waals surface area contributed by atoms with Crippen molar-refractivity contribution in [2.24, 2.45) is 11.5 Å². The van der Waals surface area contributed by atoms with Crippen LogP contribution >= 0.6 is 0 Å². The van der Waals surface area contributed by atoms with Crippen molar-refractivity contribution < 1.29 is 13.3 Å². The van der Waals surface area contributed by atoms with Crippen LogP contribution in [0.5, 0.6) is 0 Å². The third-order valence-electron chi connectivity index (χ3n) is 3.03. The molecule has 1 atom stereocenters. The van der Waals surface area contributed by atoms with E-state index >= 15 is 0 Å². The third-order valence-corrected chi connectivity index (χ3v) is 5.92. The van der Waals surface area contributed by atoms with Gasteiger partial charge in [-0.25, -0.2) is 0 Å². The van der Waals surface area contributed by atoms with Crippen molar-refractivity contribution in [2.75, 3.05) is 26.3 Å². The average Bonchev–Trinajstić information content (AvgIpc) is 2.47. The van der Waals surface area contributed by atoms with Crippen molar-refractivity contribution in [1.82, 2.24) is 0 Å². The molecule has 0 saturated carbocycles. The van der Waals surface area contributed by atoms with Gasteiger partial charge in [0.05, 0.1) is 0 Å². The lowest BCUT2D eigenvalue weighted by molar-refractivity contribution is 0.0223. The maximum absolute atomic E-state index is 6.29. The minimum absolute atomic E-state index is 0.158. The Bertz CT molecular complexity index is 213. The lowest BCUT2D eigenvalue weighted by Crippen LogP contribution is -2.50. The van der Waals surface area contributed by atoms with Gasteiger partial charge in [0.25, 0.3) is 0 Å². The monoisotopic (exact) mass is 306 g/mol. The van der Waals surface area contributed by atoms with Crippen LogP contribution in [-0.4, -0.2) is 41.2 Å². The molecule has 0 rings (SSSR count). The Morgan fingerprint density at radius 1 is 0.950 bits per heavy atom. The van der Waals surface area contributed by atoms with Crippen molar-refractivity contribution in [3.63, 3.8) is 0 Å². The first-order chi connectivity index (χ1) is 9.67. The predicted octanol–water partition coefficient (Wildman–Crippen LogP) is 2.27. The molecule has 5 nitrogen and oxygen atoms in total. The summed E-state index contributed by atoms with van der Waals surface area (Å²) < 4.78 is 18.3. The molecular formula is C14H34N2O3Si. The maximum Gasteiger partial charge on any atom is 0.502 e. The first kappa shape index (κ1) is 20.0. The Balaban J connectivity index is 4.72. The summed E-state index contributed by atoms with van der Waals surface area (Å²) in [6, 6.07) is 0.687. The van der Waals surface area contributed by atoms with Gasteiger partial charge in [0.2, 0.25) is 0 Å². The first-order valence-corrected chi connectivity index (χ1v) is 9.97. The molecule has 0 aliphatic carbocycles. The smallest absolute Gasteiger partial charge is 0.373 e. The molecule has 4 N–H and O–H groups in total. The molecule has 0 aromatic heterocycles. The third kappa shape index (κ3) is 8.34. The van der Waals surface area contributed by atoms with E-state index in [-0.39, 0.29) is 6.10 Å². The summed E-state index contributed by atoms with van der Waals surface area (Å²) in [5.41, 5.74) is 11.3. The molecule has 0 amide bonds. The summed E-state index contributed by atoms with van der Waals surface area (Å²) in [7, 11) is -2.64. The molecule has 1 unspecified atom stereocenters. The summed E-state index contributed by atoms with van der Waals surface area (Å²) in [6.07, 6.45) is 4.94. The van der Waals surface area contributed by atoms with Crippen molar-refractivity contribution in [1.29, 1.82) is 0 Å². The molecule has 0 saturated heterocycles. The quantitative estimate of drug-likeness (QED) is 0.481. The van der Waals surface area contributed by atoms with Crippen LogP contribution in [-0.2, 0) is 13.3 Å². The van der Waals surface area contributed by atoms with E-state index in [0.29, 0.717) is 32.3 Å². The zero-order chi connectivity index (χ0) is 15.3. The number of nitrogens with two attached hydrogens (primary N) is 2. The van der Waals surface area contributed by atoms with Gasteiger partial charge in [0.15, 0.2) is 0 Å². The lowest BCUT2D eigenvalue weighted by atomic mass is 10.1. The molecule has 6 heteroatoms. The maximum atomic E-state index is 6.29. The standard InChI is InChI=1S/C14H34N2O3Si/c1-4-11-17-20(13-10-16,18-12-5-2)19-14(6-3)8-7-9-15/h14H,4-13,15-16H2,1-3H3. The highest BCUT2D eigenvalue weighted by molar-refractivity contribution is 6.60. The molecule has 0 spiro atoms. The number of hydrogen-bond acceptors (Lipinski definition) is 5. The van der Waals surface area contributed by atoms with Crippen molar-refractivity contribution in [2.45, 2.75) is 65.0 Å². The van der Waals surface area contributed by atoms with Gasteiger partial charge in [0.1, 0.15) is 0 Å². The van der Waals surface area contributed by atoms with Crippen molar-refractivity contribution >= 4 is 8.80 Å². The van der Waals surface area contributed by atoms with Crippen molar-refractivity contribution in [3.8, 4) is 0 Å². The zero-order valence-corrected chi connectivity index (χ0v) is 14.5. The Morgan fingerprint density at radius 2 is 1.55 bits per heavy atom. The second-order valence-electron chi connectivity index (χ2n) is 5.00. The largest absolute Gasteiger partial charge is 0.502 e. The first-order valence-electron chi connectivity index (χ1n) is 8.03. The van der Waals surface area contributed by atoms with E-state index in [1.807, 2.05) is 0 Å². The summed E-state index contributed by atoms with van der Waals surface area (Å²) in [5, 5.41) is 0. The highest BCUT2D eigenvalue weighted by Crippen LogP contribution is 2.21. The fourth-order valence-corrected chi connectivity index (χ4v) is 4.75. The minimum atomic E-state index is -2.64. The van der Waals surface area contributed by atoms with Crippen molar-refractivity contribution in [3.05, 3.63) is 0 Å². The Kier molecular flexibility index (Phi) is 12.7. The number of hydrogen-bond donors (Lipinski definition) is 2. The van der Waals surface area contributed by atoms with Gasteiger partial charge in [0, 0.05) is 25.4 Å². The van der Waals surface area contributed by atoms with Crippen LogP contribution < -0.4 is 11.5 Å². The average molecular weight is 307 g/mol. The molecule has 0 aliphatic heterocycles. The van der Waals surface area contributed by atoms with Gasteiger partial charge in [-0.15, -0.1) is 0 Å². The molecule has 122 valence electrons. The molecule has 0 fully saturated rings. The normalized spacial score (nSPS) is 13.7. The summed E-state index contributed by atoms with van der Waals surface area (Å²) >= 11 is 0. The highest BCUT2D eigenvalue weighted by Gasteiger charge is 2.42. The molecule has 0 radical (unpaired) electrons. The van der Waals surface area contributed by atoms with Gasteiger partial charge in [-0.05, 0) is 45.2 Å². The minimum Gasteiger partial charge on any atom is -0.373 e. The Hall–Kier alpha value is 0.0169. The van der Waals surface area contributed by atoms with Gasteiger partial charge in [-0.1, -0.05) is 20.8 Å². The van der Waals surface area contributed by atoms with Gasteiger partial charge >= 0.3 is 8.80 Å². The lowest BCUT2D eigenvalue weighted by Gasteiger charge is -2.33. The summed E-state index contributed by atoms with van der Waals surface area (Å²) in [5.74, 6) is 0. The second-order valence-corrected chi connectivity index (χ2v) is 7.68. The molecule has 0 heterocycles. The van der Waals surface area contributed by atoms with E-state index in [1.54, 1.807) is 0 Å². The fraction of sp³-hybridized carbons (Fsp3) is 1.00. The number of rotatable bonds is 14. The second kappa shape index (κ2) is 12.7. The summed E-state index contributed by atoms with van der Waals surface area (Å²) in [6.45, 7) is 8.87. The Labute approximate surface area is 125 Å². The van der Waals surface area contributed by atoms with Crippen LogP contribution in [0.3, 0.4) is 0 Å². The van der Waals surface area contributed by atoms with Gasteiger partial charge < -0.3 is 24.7 Å². The molecule has 0 bridgehead atoms. The van der Waals surface area contributed by atoms with Crippen LogP contribution in [0.4, 0.5) is 0 Å². The molecule has 0 aliphatic rings. The van der Waals surface area contributed by atoms with E-state index < -0.39 is 8.80 Å². The SMILES string of the molecule is CCCO[Si](CCN)(OCCC)OC(CC)CCCN. The highest BCUT2D eigenvalue weighted by atomic mass is 28.4. The predicted molar refractivity (Wildman–Crippen MR) is 85.6 cm³/mol. The Morgan fingerprint density at radius 3 is 1.95 bits per heavy atom. The van der Waals surface area contributed by atoms with E-state index in [1.165, 1.54) is 0 Å². The molecule has 0 aromatic carbocycles. The van der Waals surface area contributed by atoms with E-state index in [2.05, 4.69) is 20.8 Å². The molecular weight excluding hydrogens is 272 g/mol. The topological polar surface area (TPSA) is 79.7 Å².